The first-order valence-electron chi connectivity index (χ1n) is 7.40. The van der Waals surface area contributed by atoms with Crippen molar-refractivity contribution >= 4 is 15.7 Å². The number of fused-ring (bicyclic) bond motifs is 1. The standard InChI is InChI=1S/C18H19NO3S/c1-13(2)18-12-19(16-6-4-5-7-17(16)22-18)23(20,21)15-10-8-14(3)9-11-15/h4-11,18H,1,12H2,2-3H3/t18-/m1/s1. The minimum atomic E-state index is -3.65. The molecule has 0 saturated carbocycles. The Morgan fingerprint density at radius 2 is 1.83 bits per heavy atom. The van der Waals surface area contributed by atoms with E-state index in [1.165, 1.54) is 4.31 Å². The molecule has 0 amide bonds. The maximum absolute atomic E-state index is 13.1. The summed E-state index contributed by atoms with van der Waals surface area (Å²) in [5.41, 5.74) is 2.38. The smallest absolute Gasteiger partial charge is 0.264 e. The molecule has 1 atom stereocenters. The molecule has 1 heterocycles. The molecule has 0 fully saturated rings. The van der Waals surface area contributed by atoms with Gasteiger partial charge in [-0.2, -0.15) is 0 Å². The monoisotopic (exact) mass is 329 g/mol. The summed E-state index contributed by atoms with van der Waals surface area (Å²) >= 11 is 0. The van der Waals surface area contributed by atoms with Gasteiger partial charge in [-0.05, 0) is 43.7 Å². The van der Waals surface area contributed by atoms with Gasteiger partial charge in [-0.15, -0.1) is 0 Å². The first kappa shape index (κ1) is 15.6. The van der Waals surface area contributed by atoms with Gasteiger partial charge < -0.3 is 4.74 Å². The quantitative estimate of drug-likeness (QED) is 0.809. The third-order valence-electron chi connectivity index (χ3n) is 3.89. The Bertz CT molecular complexity index is 841. The Morgan fingerprint density at radius 3 is 2.48 bits per heavy atom. The highest BCUT2D eigenvalue weighted by molar-refractivity contribution is 7.92. The third kappa shape index (κ3) is 2.84. The average Bonchev–Trinajstić information content (AvgIpc) is 2.54. The number of para-hydroxylation sites is 2. The summed E-state index contributed by atoms with van der Waals surface area (Å²) < 4.78 is 33.4. The Hall–Kier alpha value is -2.27. The van der Waals surface area contributed by atoms with E-state index >= 15 is 0 Å². The molecule has 1 aliphatic rings. The fourth-order valence-corrected chi connectivity index (χ4v) is 4.00. The lowest BCUT2D eigenvalue weighted by atomic mass is 10.1. The van der Waals surface area contributed by atoms with Crippen LogP contribution in [-0.4, -0.2) is 21.1 Å². The summed E-state index contributed by atoms with van der Waals surface area (Å²) in [6.45, 7) is 7.90. The van der Waals surface area contributed by atoms with Crippen molar-refractivity contribution in [2.45, 2.75) is 24.8 Å². The van der Waals surface area contributed by atoms with Crippen molar-refractivity contribution < 1.29 is 13.2 Å². The Morgan fingerprint density at radius 1 is 1.17 bits per heavy atom. The lowest BCUT2D eigenvalue weighted by Crippen LogP contribution is -2.43. The highest BCUT2D eigenvalue weighted by Crippen LogP contribution is 2.37. The van der Waals surface area contributed by atoms with E-state index in [2.05, 4.69) is 6.58 Å². The van der Waals surface area contributed by atoms with Crippen LogP contribution in [0.25, 0.3) is 0 Å². The van der Waals surface area contributed by atoms with E-state index in [4.69, 9.17) is 4.74 Å². The molecular formula is C18H19NO3S. The van der Waals surface area contributed by atoms with Crippen LogP contribution in [0.3, 0.4) is 0 Å². The Balaban J connectivity index is 2.10. The van der Waals surface area contributed by atoms with Gasteiger partial charge in [0.25, 0.3) is 10.0 Å². The van der Waals surface area contributed by atoms with Gasteiger partial charge in [0.1, 0.15) is 11.9 Å². The van der Waals surface area contributed by atoms with Crippen molar-refractivity contribution in [1.29, 1.82) is 0 Å². The topological polar surface area (TPSA) is 46.6 Å². The number of ether oxygens (including phenoxy) is 1. The van der Waals surface area contributed by atoms with Gasteiger partial charge in [0.2, 0.25) is 0 Å². The number of hydrogen-bond donors (Lipinski definition) is 0. The fraction of sp³-hybridized carbons (Fsp3) is 0.222. The molecule has 0 radical (unpaired) electrons. The zero-order valence-electron chi connectivity index (χ0n) is 13.2. The van der Waals surface area contributed by atoms with Crippen molar-refractivity contribution in [2.75, 3.05) is 10.8 Å². The molecule has 0 aromatic heterocycles. The van der Waals surface area contributed by atoms with Gasteiger partial charge in [0.05, 0.1) is 17.1 Å². The van der Waals surface area contributed by atoms with Crippen LogP contribution in [0.1, 0.15) is 12.5 Å². The summed E-state index contributed by atoms with van der Waals surface area (Å²) in [5.74, 6) is 0.558. The van der Waals surface area contributed by atoms with Gasteiger partial charge in [-0.25, -0.2) is 8.42 Å². The molecule has 0 spiro atoms. The van der Waals surface area contributed by atoms with E-state index in [1.54, 1.807) is 42.5 Å². The summed E-state index contributed by atoms with van der Waals surface area (Å²) in [6.07, 6.45) is -0.356. The molecule has 120 valence electrons. The predicted octanol–water partition coefficient (Wildman–Crippen LogP) is 3.53. The molecule has 0 aliphatic carbocycles. The van der Waals surface area contributed by atoms with E-state index in [-0.39, 0.29) is 17.5 Å². The van der Waals surface area contributed by atoms with E-state index < -0.39 is 10.0 Å². The van der Waals surface area contributed by atoms with E-state index in [1.807, 2.05) is 19.9 Å². The van der Waals surface area contributed by atoms with Crippen LogP contribution < -0.4 is 9.04 Å². The average molecular weight is 329 g/mol. The molecule has 0 unspecified atom stereocenters. The third-order valence-corrected chi connectivity index (χ3v) is 5.69. The molecule has 23 heavy (non-hydrogen) atoms. The molecule has 5 heteroatoms. The number of anilines is 1. The van der Waals surface area contributed by atoms with Crippen molar-refractivity contribution in [3.05, 3.63) is 66.2 Å². The van der Waals surface area contributed by atoms with Gasteiger partial charge in [0, 0.05) is 0 Å². The van der Waals surface area contributed by atoms with Crippen molar-refractivity contribution in [3.63, 3.8) is 0 Å². The normalized spacial score (nSPS) is 17.3. The molecular weight excluding hydrogens is 310 g/mol. The first-order valence-corrected chi connectivity index (χ1v) is 8.84. The molecule has 3 rings (SSSR count). The number of benzene rings is 2. The number of hydrogen-bond acceptors (Lipinski definition) is 3. The minimum absolute atomic E-state index is 0.225. The van der Waals surface area contributed by atoms with Crippen LogP contribution in [0.4, 0.5) is 5.69 Å². The summed E-state index contributed by atoms with van der Waals surface area (Å²) in [6, 6.07) is 14.1. The summed E-state index contributed by atoms with van der Waals surface area (Å²) in [5, 5.41) is 0. The molecule has 2 aromatic rings. The number of nitrogens with zero attached hydrogens (tertiary/aromatic N) is 1. The van der Waals surface area contributed by atoms with E-state index in [0.717, 1.165) is 11.1 Å². The fourth-order valence-electron chi connectivity index (χ4n) is 2.52. The van der Waals surface area contributed by atoms with Gasteiger partial charge in [0.15, 0.2) is 0 Å². The van der Waals surface area contributed by atoms with Crippen molar-refractivity contribution in [1.82, 2.24) is 0 Å². The Labute approximate surface area is 137 Å². The Kier molecular flexibility index (Phi) is 3.90. The van der Waals surface area contributed by atoms with Gasteiger partial charge in [-0.1, -0.05) is 36.4 Å². The van der Waals surface area contributed by atoms with Gasteiger partial charge in [-0.3, -0.25) is 4.31 Å². The van der Waals surface area contributed by atoms with Gasteiger partial charge >= 0.3 is 0 Å². The maximum atomic E-state index is 13.1. The number of aryl methyl sites for hydroxylation is 1. The minimum Gasteiger partial charge on any atom is -0.482 e. The maximum Gasteiger partial charge on any atom is 0.264 e. The SMILES string of the molecule is C=C(C)[C@H]1CN(S(=O)(=O)c2ccc(C)cc2)c2ccccc2O1. The highest BCUT2D eigenvalue weighted by atomic mass is 32.2. The lowest BCUT2D eigenvalue weighted by Gasteiger charge is -2.35. The second kappa shape index (κ2) is 5.74. The number of sulfonamides is 1. The van der Waals surface area contributed by atoms with Crippen molar-refractivity contribution in [2.24, 2.45) is 0 Å². The largest absolute Gasteiger partial charge is 0.482 e. The molecule has 4 nitrogen and oxygen atoms in total. The molecule has 0 N–H and O–H groups in total. The van der Waals surface area contributed by atoms with Crippen LogP contribution in [0.5, 0.6) is 5.75 Å². The van der Waals surface area contributed by atoms with E-state index in [9.17, 15) is 8.42 Å². The second-order valence-corrected chi connectivity index (χ2v) is 7.63. The van der Waals surface area contributed by atoms with Crippen LogP contribution in [0, 0.1) is 6.92 Å². The van der Waals surface area contributed by atoms with Crippen LogP contribution in [-0.2, 0) is 10.0 Å². The lowest BCUT2D eigenvalue weighted by molar-refractivity contribution is 0.235. The molecule has 0 saturated heterocycles. The van der Waals surface area contributed by atoms with Crippen LogP contribution in [0.2, 0.25) is 0 Å². The first-order chi connectivity index (χ1) is 10.9. The predicted molar refractivity (Wildman–Crippen MR) is 91.4 cm³/mol. The molecule has 2 aromatic carbocycles. The molecule has 1 aliphatic heterocycles. The zero-order chi connectivity index (χ0) is 16.6. The second-order valence-electron chi connectivity index (χ2n) is 5.77. The van der Waals surface area contributed by atoms with Crippen molar-refractivity contribution in [3.8, 4) is 5.75 Å². The van der Waals surface area contributed by atoms with Crippen LogP contribution in [0.15, 0.2) is 65.6 Å². The van der Waals surface area contributed by atoms with E-state index in [0.29, 0.717) is 11.4 Å². The summed E-state index contributed by atoms with van der Waals surface area (Å²) in [7, 11) is -3.65. The molecule has 0 bridgehead atoms. The van der Waals surface area contributed by atoms with Crippen LogP contribution >= 0.6 is 0 Å². The highest BCUT2D eigenvalue weighted by Gasteiger charge is 2.34. The number of rotatable bonds is 3. The summed E-state index contributed by atoms with van der Waals surface area (Å²) in [4.78, 5) is 0.278. The zero-order valence-corrected chi connectivity index (χ0v) is 14.0.